The molecule has 1 heterocycles. The van der Waals surface area contributed by atoms with E-state index in [1.165, 1.54) is 64.5 Å². The summed E-state index contributed by atoms with van der Waals surface area (Å²) in [4.78, 5) is 2.87. The van der Waals surface area contributed by atoms with Crippen LogP contribution in [0.15, 0.2) is 0 Å². The molecule has 104 valence electrons. The Balaban J connectivity index is 1.55. The maximum absolute atomic E-state index is 3.71. The molecule has 3 aliphatic rings. The van der Waals surface area contributed by atoms with Gasteiger partial charge in [0.1, 0.15) is 0 Å². The third-order valence-electron chi connectivity index (χ3n) is 5.72. The van der Waals surface area contributed by atoms with Crippen LogP contribution in [0.25, 0.3) is 0 Å². The SMILES string of the molecule is CCNC1CCCC1CN1CCC2CCCCC21. The summed E-state index contributed by atoms with van der Waals surface area (Å²) < 4.78 is 0. The van der Waals surface area contributed by atoms with Gasteiger partial charge in [0, 0.05) is 18.6 Å². The van der Waals surface area contributed by atoms with Gasteiger partial charge in [-0.05, 0) is 57.0 Å². The van der Waals surface area contributed by atoms with Gasteiger partial charge >= 0.3 is 0 Å². The topological polar surface area (TPSA) is 15.3 Å². The minimum Gasteiger partial charge on any atom is -0.314 e. The van der Waals surface area contributed by atoms with Crippen LogP contribution in [0.4, 0.5) is 0 Å². The summed E-state index contributed by atoms with van der Waals surface area (Å²) in [5.74, 6) is 1.99. The molecule has 0 aromatic rings. The summed E-state index contributed by atoms with van der Waals surface area (Å²) in [6.07, 6.45) is 11.8. The van der Waals surface area contributed by atoms with E-state index in [0.29, 0.717) is 0 Å². The molecule has 4 atom stereocenters. The lowest BCUT2D eigenvalue weighted by molar-refractivity contribution is 0.152. The predicted octanol–water partition coefficient (Wildman–Crippen LogP) is 3.03. The Morgan fingerprint density at radius 2 is 1.89 bits per heavy atom. The fraction of sp³-hybridized carbons (Fsp3) is 1.00. The zero-order chi connectivity index (χ0) is 12.4. The Kier molecular flexibility index (Phi) is 4.25. The summed E-state index contributed by atoms with van der Waals surface area (Å²) in [5.41, 5.74) is 0. The van der Waals surface area contributed by atoms with Crippen LogP contribution in [0, 0.1) is 11.8 Å². The first-order chi connectivity index (χ1) is 8.88. The highest BCUT2D eigenvalue weighted by Crippen LogP contribution is 2.38. The molecule has 1 saturated heterocycles. The zero-order valence-electron chi connectivity index (χ0n) is 12.0. The summed E-state index contributed by atoms with van der Waals surface area (Å²) in [7, 11) is 0. The number of hydrogen-bond donors (Lipinski definition) is 1. The molecule has 18 heavy (non-hydrogen) atoms. The van der Waals surface area contributed by atoms with Crippen molar-refractivity contribution in [2.45, 2.75) is 70.4 Å². The number of nitrogens with one attached hydrogen (secondary N) is 1. The van der Waals surface area contributed by atoms with Gasteiger partial charge in [-0.3, -0.25) is 4.90 Å². The van der Waals surface area contributed by atoms with Gasteiger partial charge in [0.2, 0.25) is 0 Å². The first-order valence-electron chi connectivity index (χ1n) is 8.36. The fourth-order valence-corrected chi connectivity index (χ4v) is 4.82. The van der Waals surface area contributed by atoms with Crippen LogP contribution in [0.2, 0.25) is 0 Å². The van der Waals surface area contributed by atoms with Crippen molar-refractivity contribution in [3.8, 4) is 0 Å². The Bertz CT molecular complexity index is 266. The number of likely N-dealkylation sites (tertiary alicyclic amines) is 1. The number of rotatable bonds is 4. The van der Waals surface area contributed by atoms with Crippen LogP contribution >= 0.6 is 0 Å². The molecule has 0 radical (unpaired) electrons. The largest absolute Gasteiger partial charge is 0.314 e. The zero-order valence-corrected chi connectivity index (χ0v) is 12.0. The van der Waals surface area contributed by atoms with Gasteiger partial charge in [-0.2, -0.15) is 0 Å². The molecule has 0 spiro atoms. The lowest BCUT2D eigenvalue weighted by Crippen LogP contribution is -2.42. The van der Waals surface area contributed by atoms with E-state index in [1.807, 2.05) is 0 Å². The molecule has 3 fully saturated rings. The third-order valence-corrected chi connectivity index (χ3v) is 5.72. The van der Waals surface area contributed by atoms with E-state index >= 15 is 0 Å². The fourth-order valence-electron chi connectivity index (χ4n) is 4.82. The first-order valence-corrected chi connectivity index (χ1v) is 8.36. The average Bonchev–Trinajstić information content (AvgIpc) is 2.99. The maximum atomic E-state index is 3.71. The second-order valence-corrected chi connectivity index (χ2v) is 6.75. The summed E-state index contributed by atoms with van der Waals surface area (Å²) in [6.45, 7) is 6.18. The molecule has 1 N–H and O–H groups in total. The van der Waals surface area contributed by atoms with Crippen molar-refractivity contribution in [2.75, 3.05) is 19.6 Å². The maximum Gasteiger partial charge on any atom is 0.0124 e. The smallest absolute Gasteiger partial charge is 0.0124 e. The molecule has 2 heteroatoms. The molecule has 0 aromatic heterocycles. The first kappa shape index (κ1) is 12.9. The molecule has 3 rings (SSSR count). The minimum atomic E-state index is 0.817. The second kappa shape index (κ2) is 5.92. The predicted molar refractivity (Wildman–Crippen MR) is 76.7 cm³/mol. The highest BCUT2D eigenvalue weighted by molar-refractivity contribution is 4.93. The van der Waals surface area contributed by atoms with Crippen molar-refractivity contribution in [2.24, 2.45) is 11.8 Å². The van der Waals surface area contributed by atoms with E-state index in [2.05, 4.69) is 17.1 Å². The van der Waals surface area contributed by atoms with Gasteiger partial charge in [-0.15, -0.1) is 0 Å². The van der Waals surface area contributed by atoms with Crippen molar-refractivity contribution >= 4 is 0 Å². The van der Waals surface area contributed by atoms with Crippen LogP contribution < -0.4 is 5.32 Å². The molecule has 0 bridgehead atoms. The van der Waals surface area contributed by atoms with Crippen LogP contribution in [0.5, 0.6) is 0 Å². The summed E-state index contributed by atoms with van der Waals surface area (Å²) in [5, 5.41) is 3.71. The van der Waals surface area contributed by atoms with Gasteiger partial charge in [0.25, 0.3) is 0 Å². The molecule has 2 nitrogen and oxygen atoms in total. The van der Waals surface area contributed by atoms with Crippen LogP contribution in [0.1, 0.15) is 58.3 Å². The molecule has 0 amide bonds. The Morgan fingerprint density at radius 1 is 1.00 bits per heavy atom. The van der Waals surface area contributed by atoms with Crippen molar-refractivity contribution < 1.29 is 0 Å². The lowest BCUT2D eigenvalue weighted by atomic mass is 9.85. The highest BCUT2D eigenvalue weighted by Gasteiger charge is 2.38. The minimum absolute atomic E-state index is 0.817. The molecule has 2 saturated carbocycles. The van der Waals surface area contributed by atoms with Gasteiger partial charge in [0.05, 0.1) is 0 Å². The second-order valence-electron chi connectivity index (χ2n) is 6.75. The Morgan fingerprint density at radius 3 is 2.78 bits per heavy atom. The van der Waals surface area contributed by atoms with Crippen molar-refractivity contribution in [1.29, 1.82) is 0 Å². The molecule has 0 aromatic carbocycles. The van der Waals surface area contributed by atoms with Crippen LogP contribution in [0.3, 0.4) is 0 Å². The summed E-state index contributed by atoms with van der Waals surface area (Å²) >= 11 is 0. The number of fused-ring (bicyclic) bond motifs is 1. The van der Waals surface area contributed by atoms with Crippen LogP contribution in [-0.2, 0) is 0 Å². The quantitative estimate of drug-likeness (QED) is 0.825. The van der Waals surface area contributed by atoms with E-state index in [0.717, 1.165) is 30.5 Å². The van der Waals surface area contributed by atoms with Gasteiger partial charge in [0.15, 0.2) is 0 Å². The van der Waals surface area contributed by atoms with E-state index in [9.17, 15) is 0 Å². The summed E-state index contributed by atoms with van der Waals surface area (Å²) in [6, 6.07) is 1.78. The average molecular weight is 250 g/mol. The number of hydrogen-bond acceptors (Lipinski definition) is 2. The molecular formula is C16H30N2. The lowest BCUT2D eigenvalue weighted by Gasteiger charge is -2.34. The van der Waals surface area contributed by atoms with E-state index < -0.39 is 0 Å². The Labute approximate surface area is 113 Å². The van der Waals surface area contributed by atoms with Crippen molar-refractivity contribution in [1.82, 2.24) is 10.2 Å². The van der Waals surface area contributed by atoms with Gasteiger partial charge in [-0.1, -0.05) is 26.2 Å². The Hall–Kier alpha value is -0.0800. The highest BCUT2D eigenvalue weighted by atomic mass is 15.2. The van der Waals surface area contributed by atoms with Crippen molar-refractivity contribution in [3.63, 3.8) is 0 Å². The van der Waals surface area contributed by atoms with E-state index in [1.54, 1.807) is 0 Å². The number of nitrogens with zero attached hydrogens (tertiary/aromatic N) is 1. The van der Waals surface area contributed by atoms with E-state index in [4.69, 9.17) is 0 Å². The van der Waals surface area contributed by atoms with E-state index in [-0.39, 0.29) is 0 Å². The normalized spacial score (nSPS) is 41.2. The van der Waals surface area contributed by atoms with Gasteiger partial charge in [-0.25, -0.2) is 0 Å². The van der Waals surface area contributed by atoms with Gasteiger partial charge < -0.3 is 5.32 Å². The molecule has 4 unspecified atom stereocenters. The third kappa shape index (κ3) is 2.60. The molecular weight excluding hydrogens is 220 g/mol. The standard InChI is InChI=1S/C16H30N2/c1-2-17-15-8-5-7-14(15)12-18-11-10-13-6-3-4-9-16(13)18/h13-17H,2-12H2,1H3. The molecule has 2 aliphatic carbocycles. The molecule has 1 aliphatic heterocycles. The van der Waals surface area contributed by atoms with Crippen LogP contribution in [-0.4, -0.2) is 36.6 Å². The monoisotopic (exact) mass is 250 g/mol. The van der Waals surface area contributed by atoms with Crippen molar-refractivity contribution in [3.05, 3.63) is 0 Å².